The van der Waals surface area contributed by atoms with Crippen molar-refractivity contribution in [1.82, 2.24) is 5.32 Å². The normalized spacial score (nSPS) is 20.8. The lowest BCUT2D eigenvalue weighted by Crippen LogP contribution is -2.34. The third-order valence-electron chi connectivity index (χ3n) is 4.74. The molecule has 1 aliphatic rings. The molecule has 24 heavy (non-hydrogen) atoms. The highest BCUT2D eigenvalue weighted by atomic mass is 16.5. The fraction of sp³-hybridized carbons (Fsp3) is 0.429. The highest BCUT2D eigenvalue weighted by molar-refractivity contribution is 5.28. The molecule has 0 saturated heterocycles. The van der Waals surface area contributed by atoms with Crippen molar-refractivity contribution in [3.63, 3.8) is 0 Å². The summed E-state index contributed by atoms with van der Waals surface area (Å²) >= 11 is 0. The van der Waals surface area contributed by atoms with E-state index in [1.165, 1.54) is 16.7 Å². The molecule has 0 unspecified atom stereocenters. The predicted molar refractivity (Wildman–Crippen MR) is 97.1 cm³/mol. The van der Waals surface area contributed by atoms with Crippen LogP contribution in [0.2, 0.25) is 0 Å². The molecule has 3 heteroatoms. The summed E-state index contributed by atoms with van der Waals surface area (Å²) in [5, 5.41) is 13.1. The Kier molecular flexibility index (Phi) is 5.89. The Balaban J connectivity index is 1.44. The van der Waals surface area contributed by atoms with Gasteiger partial charge in [0.25, 0.3) is 0 Å². The topological polar surface area (TPSA) is 41.5 Å². The van der Waals surface area contributed by atoms with Crippen LogP contribution in [0.3, 0.4) is 0 Å². The monoisotopic (exact) mass is 325 g/mol. The van der Waals surface area contributed by atoms with E-state index in [1.54, 1.807) is 0 Å². The van der Waals surface area contributed by atoms with Crippen LogP contribution in [0.5, 0.6) is 5.75 Å². The molecule has 1 saturated carbocycles. The van der Waals surface area contributed by atoms with Crippen molar-refractivity contribution in [2.75, 3.05) is 0 Å². The summed E-state index contributed by atoms with van der Waals surface area (Å²) in [6, 6.07) is 17.3. The van der Waals surface area contributed by atoms with Gasteiger partial charge < -0.3 is 15.2 Å². The van der Waals surface area contributed by atoms with Crippen LogP contribution in [0.15, 0.2) is 48.5 Å². The molecule has 0 heterocycles. The summed E-state index contributed by atoms with van der Waals surface area (Å²) in [5.74, 6) is 0.903. The lowest BCUT2D eigenvalue weighted by atomic mass is 9.93. The summed E-state index contributed by atoms with van der Waals surface area (Å²) in [5.41, 5.74) is 3.72. The Morgan fingerprint density at radius 3 is 2.21 bits per heavy atom. The maximum absolute atomic E-state index is 9.55. The Labute approximate surface area is 144 Å². The van der Waals surface area contributed by atoms with E-state index in [4.69, 9.17) is 4.74 Å². The largest absolute Gasteiger partial charge is 0.489 e. The Bertz CT molecular complexity index is 613. The highest BCUT2D eigenvalue weighted by Gasteiger charge is 2.18. The second kappa shape index (κ2) is 8.32. The molecule has 2 aromatic rings. The van der Waals surface area contributed by atoms with Gasteiger partial charge in [0, 0.05) is 12.6 Å². The zero-order chi connectivity index (χ0) is 16.8. The second-order valence-corrected chi connectivity index (χ2v) is 6.80. The van der Waals surface area contributed by atoms with Crippen LogP contribution in [0.25, 0.3) is 0 Å². The number of aryl methyl sites for hydroxylation is 1. The molecule has 2 aromatic carbocycles. The molecular weight excluding hydrogens is 298 g/mol. The first-order valence-corrected chi connectivity index (χ1v) is 8.88. The summed E-state index contributed by atoms with van der Waals surface area (Å²) in [7, 11) is 0. The maximum Gasteiger partial charge on any atom is 0.119 e. The minimum atomic E-state index is -0.0898. The number of aliphatic hydroxyl groups is 1. The Morgan fingerprint density at radius 1 is 0.917 bits per heavy atom. The minimum Gasteiger partial charge on any atom is -0.489 e. The molecule has 2 N–H and O–H groups in total. The smallest absolute Gasteiger partial charge is 0.119 e. The van der Waals surface area contributed by atoms with Gasteiger partial charge in [-0.1, -0.05) is 42.0 Å². The van der Waals surface area contributed by atoms with E-state index in [9.17, 15) is 5.11 Å². The average molecular weight is 325 g/mol. The quantitative estimate of drug-likeness (QED) is 0.844. The van der Waals surface area contributed by atoms with Crippen molar-refractivity contribution >= 4 is 0 Å². The van der Waals surface area contributed by atoms with Crippen LogP contribution in [0.1, 0.15) is 42.4 Å². The Morgan fingerprint density at radius 2 is 1.54 bits per heavy atom. The van der Waals surface area contributed by atoms with E-state index < -0.39 is 0 Å². The van der Waals surface area contributed by atoms with Crippen LogP contribution in [-0.2, 0) is 13.2 Å². The average Bonchev–Trinajstić information content (AvgIpc) is 2.62. The molecule has 0 atom stereocenters. The third kappa shape index (κ3) is 5.08. The van der Waals surface area contributed by atoms with Gasteiger partial charge in [-0.25, -0.2) is 0 Å². The molecule has 128 valence electrons. The van der Waals surface area contributed by atoms with Gasteiger partial charge in [-0.2, -0.15) is 0 Å². The lowest BCUT2D eigenvalue weighted by molar-refractivity contribution is 0.116. The van der Waals surface area contributed by atoms with E-state index >= 15 is 0 Å². The van der Waals surface area contributed by atoms with Crippen LogP contribution < -0.4 is 10.1 Å². The number of hydrogen-bond acceptors (Lipinski definition) is 3. The van der Waals surface area contributed by atoms with E-state index in [1.807, 2.05) is 12.1 Å². The van der Waals surface area contributed by atoms with E-state index in [-0.39, 0.29) is 6.10 Å². The van der Waals surface area contributed by atoms with Crippen molar-refractivity contribution in [3.05, 3.63) is 65.2 Å². The third-order valence-corrected chi connectivity index (χ3v) is 4.74. The van der Waals surface area contributed by atoms with Crippen LogP contribution in [0.4, 0.5) is 0 Å². The van der Waals surface area contributed by atoms with Gasteiger partial charge >= 0.3 is 0 Å². The van der Waals surface area contributed by atoms with E-state index in [0.29, 0.717) is 12.6 Å². The zero-order valence-corrected chi connectivity index (χ0v) is 14.4. The number of rotatable bonds is 6. The van der Waals surface area contributed by atoms with Gasteiger partial charge in [0.1, 0.15) is 12.4 Å². The van der Waals surface area contributed by atoms with Crippen LogP contribution >= 0.6 is 0 Å². The van der Waals surface area contributed by atoms with Crippen molar-refractivity contribution in [3.8, 4) is 5.75 Å². The van der Waals surface area contributed by atoms with Gasteiger partial charge in [-0.15, -0.1) is 0 Å². The minimum absolute atomic E-state index is 0.0898. The highest BCUT2D eigenvalue weighted by Crippen LogP contribution is 2.19. The standard InChI is InChI=1S/C21H27NO2/c1-16-2-4-18(5-3-16)15-24-21-12-6-17(7-13-21)14-22-19-8-10-20(23)11-9-19/h2-7,12-13,19-20,22-23H,8-11,14-15H2,1H3. The molecule has 0 aliphatic heterocycles. The molecule has 0 spiro atoms. The summed E-state index contributed by atoms with van der Waals surface area (Å²) < 4.78 is 5.84. The molecule has 3 nitrogen and oxygen atoms in total. The number of aliphatic hydroxyl groups excluding tert-OH is 1. The summed E-state index contributed by atoms with van der Waals surface area (Å²) in [4.78, 5) is 0. The second-order valence-electron chi connectivity index (χ2n) is 6.80. The van der Waals surface area contributed by atoms with Crippen molar-refractivity contribution in [1.29, 1.82) is 0 Å². The van der Waals surface area contributed by atoms with E-state index in [0.717, 1.165) is 38.0 Å². The number of hydrogen-bond donors (Lipinski definition) is 2. The molecule has 0 amide bonds. The molecule has 0 aromatic heterocycles. The zero-order valence-electron chi connectivity index (χ0n) is 14.4. The maximum atomic E-state index is 9.55. The first kappa shape index (κ1) is 17.0. The molecule has 1 aliphatic carbocycles. The first-order valence-electron chi connectivity index (χ1n) is 8.88. The van der Waals surface area contributed by atoms with Crippen LogP contribution in [0, 0.1) is 6.92 Å². The number of ether oxygens (including phenoxy) is 1. The molecule has 1 fully saturated rings. The Hall–Kier alpha value is -1.84. The van der Waals surface area contributed by atoms with Gasteiger partial charge in [-0.05, 0) is 55.9 Å². The number of nitrogens with one attached hydrogen (secondary N) is 1. The van der Waals surface area contributed by atoms with E-state index in [2.05, 4.69) is 48.6 Å². The van der Waals surface area contributed by atoms with Crippen molar-refractivity contribution < 1.29 is 9.84 Å². The summed E-state index contributed by atoms with van der Waals surface area (Å²) in [6.45, 7) is 3.56. The molecule has 0 radical (unpaired) electrons. The van der Waals surface area contributed by atoms with Gasteiger partial charge in [0.15, 0.2) is 0 Å². The van der Waals surface area contributed by atoms with Crippen molar-refractivity contribution in [2.24, 2.45) is 0 Å². The predicted octanol–water partition coefficient (Wildman–Crippen LogP) is 3.97. The fourth-order valence-corrected chi connectivity index (χ4v) is 3.10. The first-order chi connectivity index (χ1) is 11.7. The van der Waals surface area contributed by atoms with Crippen molar-refractivity contribution in [2.45, 2.75) is 57.9 Å². The van der Waals surface area contributed by atoms with Gasteiger partial charge in [-0.3, -0.25) is 0 Å². The van der Waals surface area contributed by atoms with Gasteiger partial charge in [0.2, 0.25) is 0 Å². The lowest BCUT2D eigenvalue weighted by Gasteiger charge is -2.26. The SMILES string of the molecule is Cc1ccc(COc2ccc(CNC3CCC(O)CC3)cc2)cc1. The van der Waals surface area contributed by atoms with Gasteiger partial charge in [0.05, 0.1) is 6.10 Å². The molecular formula is C21H27NO2. The van der Waals surface area contributed by atoms with Crippen LogP contribution in [-0.4, -0.2) is 17.3 Å². The molecule has 3 rings (SSSR count). The molecule has 0 bridgehead atoms. The number of benzene rings is 2. The fourth-order valence-electron chi connectivity index (χ4n) is 3.10. The summed E-state index contributed by atoms with van der Waals surface area (Å²) in [6.07, 6.45) is 3.89.